The number of aromatic nitrogens is 6. The second-order valence-electron chi connectivity index (χ2n) is 3.96. The zero-order chi connectivity index (χ0) is 13.1. The molecule has 0 bridgehead atoms. The molecule has 1 fully saturated rings. The molecule has 0 aliphatic carbocycles. The molecule has 0 saturated carbocycles. The number of hydrogen-bond acceptors (Lipinski definition) is 7. The summed E-state index contributed by atoms with van der Waals surface area (Å²) in [6.07, 6.45) is 4.93. The first-order valence-electron chi connectivity index (χ1n) is 5.82. The topological polar surface area (TPSA) is 78.6 Å². The lowest BCUT2D eigenvalue weighted by molar-refractivity contribution is 0.1000. The Morgan fingerprint density at radius 3 is 2.84 bits per heavy atom. The molecule has 2 aromatic heterocycles. The van der Waals surface area contributed by atoms with E-state index in [1.807, 2.05) is 0 Å². The van der Waals surface area contributed by atoms with E-state index in [1.165, 1.54) is 17.3 Å². The Balaban J connectivity index is 1.81. The summed E-state index contributed by atoms with van der Waals surface area (Å²) >= 11 is 7.52. The molecule has 1 saturated heterocycles. The summed E-state index contributed by atoms with van der Waals surface area (Å²) in [5, 5.41) is 5.21. The van der Waals surface area contributed by atoms with Crippen molar-refractivity contribution in [3.63, 3.8) is 0 Å². The highest BCUT2D eigenvalue weighted by Crippen LogP contribution is 2.27. The highest BCUT2D eigenvalue weighted by Gasteiger charge is 2.18. The van der Waals surface area contributed by atoms with Gasteiger partial charge in [-0.25, -0.2) is 4.98 Å². The fraction of sp³-hybridized carbons (Fsp3) is 0.500. The quantitative estimate of drug-likeness (QED) is 0.847. The van der Waals surface area contributed by atoms with Crippen LogP contribution in [0.5, 0.6) is 0 Å². The van der Waals surface area contributed by atoms with Gasteiger partial charge >= 0.3 is 0 Å². The van der Waals surface area contributed by atoms with Gasteiger partial charge in [0.25, 0.3) is 5.95 Å². The highest BCUT2D eigenvalue weighted by atomic mass is 35.5. The van der Waals surface area contributed by atoms with Crippen molar-refractivity contribution < 1.29 is 4.74 Å². The van der Waals surface area contributed by atoms with Crippen LogP contribution < -0.4 is 0 Å². The fourth-order valence-corrected chi connectivity index (χ4v) is 2.94. The lowest BCUT2D eigenvalue weighted by Gasteiger charge is -2.20. The number of nitrogens with zero attached hydrogens (tertiary/aromatic N) is 6. The van der Waals surface area contributed by atoms with E-state index in [9.17, 15) is 0 Å². The zero-order valence-corrected chi connectivity index (χ0v) is 11.5. The Morgan fingerprint density at radius 2 is 2.11 bits per heavy atom. The largest absolute Gasteiger partial charge is 0.381 e. The van der Waals surface area contributed by atoms with E-state index in [1.54, 1.807) is 11.8 Å². The van der Waals surface area contributed by atoms with Crippen molar-refractivity contribution in [2.45, 2.75) is 23.2 Å². The maximum absolute atomic E-state index is 5.92. The molecule has 0 aromatic carbocycles. The van der Waals surface area contributed by atoms with Crippen molar-refractivity contribution in [1.82, 2.24) is 29.7 Å². The molecule has 3 rings (SSSR count). The third kappa shape index (κ3) is 3.20. The van der Waals surface area contributed by atoms with Crippen LogP contribution in [0.15, 0.2) is 17.8 Å². The molecule has 9 heteroatoms. The molecule has 19 heavy (non-hydrogen) atoms. The van der Waals surface area contributed by atoms with Gasteiger partial charge in [-0.15, -0.1) is 0 Å². The molecular weight excluding hydrogens is 288 g/mol. The highest BCUT2D eigenvalue weighted by molar-refractivity contribution is 7.99. The van der Waals surface area contributed by atoms with Gasteiger partial charge in [0, 0.05) is 18.5 Å². The SMILES string of the molecule is Clc1nc(SC2CCOCC2)nc(-n2cncn2)n1. The van der Waals surface area contributed by atoms with E-state index in [-0.39, 0.29) is 5.28 Å². The zero-order valence-electron chi connectivity index (χ0n) is 9.94. The molecule has 3 heterocycles. The van der Waals surface area contributed by atoms with Gasteiger partial charge in [-0.2, -0.15) is 24.7 Å². The molecule has 1 aliphatic rings. The Kier molecular flexibility index (Phi) is 3.90. The molecule has 0 amide bonds. The third-order valence-corrected chi connectivity index (χ3v) is 4.01. The van der Waals surface area contributed by atoms with E-state index >= 15 is 0 Å². The molecule has 7 nitrogen and oxygen atoms in total. The summed E-state index contributed by atoms with van der Waals surface area (Å²) in [6.45, 7) is 1.57. The smallest absolute Gasteiger partial charge is 0.257 e. The van der Waals surface area contributed by atoms with E-state index in [0.717, 1.165) is 26.1 Å². The molecule has 0 radical (unpaired) electrons. The van der Waals surface area contributed by atoms with Crippen LogP contribution in [0.1, 0.15) is 12.8 Å². The van der Waals surface area contributed by atoms with Crippen LogP contribution in [-0.2, 0) is 4.74 Å². The summed E-state index contributed by atoms with van der Waals surface area (Å²) in [6, 6.07) is 0. The molecule has 100 valence electrons. The van der Waals surface area contributed by atoms with Crippen molar-refractivity contribution in [2.24, 2.45) is 0 Å². The maximum Gasteiger partial charge on any atom is 0.257 e. The van der Waals surface area contributed by atoms with E-state index < -0.39 is 0 Å². The monoisotopic (exact) mass is 298 g/mol. The number of thioether (sulfide) groups is 1. The molecule has 0 atom stereocenters. The van der Waals surface area contributed by atoms with Gasteiger partial charge in [0.15, 0.2) is 5.16 Å². The molecule has 1 aliphatic heterocycles. The minimum absolute atomic E-state index is 0.162. The number of ether oxygens (including phenoxy) is 1. The summed E-state index contributed by atoms with van der Waals surface area (Å²) < 4.78 is 6.79. The second-order valence-corrected chi connectivity index (χ2v) is 5.56. The lowest BCUT2D eigenvalue weighted by Crippen LogP contribution is -2.18. The lowest BCUT2D eigenvalue weighted by atomic mass is 10.2. The minimum Gasteiger partial charge on any atom is -0.381 e. The Hall–Kier alpha value is -1.25. The summed E-state index contributed by atoms with van der Waals surface area (Å²) in [7, 11) is 0. The normalized spacial score (nSPS) is 16.7. The summed E-state index contributed by atoms with van der Waals surface area (Å²) in [5.74, 6) is 0.382. The fourth-order valence-electron chi connectivity index (χ4n) is 1.73. The second kappa shape index (κ2) is 5.81. The van der Waals surface area contributed by atoms with Gasteiger partial charge in [0.1, 0.15) is 12.7 Å². The Labute approximate surface area is 118 Å². The Morgan fingerprint density at radius 1 is 1.26 bits per heavy atom. The summed E-state index contributed by atoms with van der Waals surface area (Å²) in [4.78, 5) is 16.4. The number of halogens is 1. The third-order valence-electron chi connectivity index (χ3n) is 2.64. The van der Waals surface area contributed by atoms with Crippen molar-refractivity contribution in [1.29, 1.82) is 0 Å². The molecular formula is C10H11ClN6OS. The maximum atomic E-state index is 5.92. The van der Waals surface area contributed by atoms with Crippen LogP contribution in [-0.4, -0.2) is 48.2 Å². The van der Waals surface area contributed by atoms with Crippen molar-refractivity contribution in [3.8, 4) is 5.95 Å². The van der Waals surface area contributed by atoms with E-state index in [4.69, 9.17) is 16.3 Å². The van der Waals surface area contributed by atoms with Crippen molar-refractivity contribution in [3.05, 3.63) is 17.9 Å². The van der Waals surface area contributed by atoms with Crippen molar-refractivity contribution in [2.75, 3.05) is 13.2 Å². The average molecular weight is 299 g/mol. The molecule has 0 N–H and O–H groups in total. The predicted octanol–water partition coefficient (Wildman–Crippen LogP) is 1.38. The van der Waals surface area contributed by atoms with Gasteiger partial charge in [-0.1, -0.05) is 11.8 Å². The molecule has 0 spiro atoms. The van der Waals surface area contributed by atoms with Crippen LogP contribution in [0.4, 0.5) is 0 Å². The first-order chi connectivity index (χ1) is 9.31. The summed E-state index contributed by atoms with van der Waals surface area (Å²) in [5.41, 5.74) is 0. The Bertz CT molecular complexity index is 545. The van der Waals surface area contributed by atoms with Gasteiger partial charge < -0.3 is 4.74 Å². The number of hydrogen-bond donors (Lipinski definition) is 0. The van der Waals surface area contributed by atoms with Crippen LogP contribution in [0, 0.1) is 0 Å². The predicted molar refractivity (Wildman–Crippen MR) is 69.5 cm³/mol. The van der Waals surface area contributed by atoms with Crippen molar-refractivity contribution >= 4 is 23.4 Å². The first-order valence-corrected chi connectivity index (χ1v) is 7.08. The standard InChI is InChI=1S/C10H11ClN6OS/c11-8-14-9(17-6-12-5-13-17)16-10(15-8)19-7-1-3-18-4-2-7/h5-7H,1-4H2. The van der Waals surface area contributed by atoms with Gasteiger partial charge in [0.05, 0.1) is 0 Å². The minimum atomic E-state index is 0.162. The van der Waals surface area contributed by atoms with E-state index in [2.05, 4.69) is 25.0 Å². The molecule has 2 aromatic rings. The van der Waals surface area contributed by atoms with Gasteiger partial charge in [-0.05, 0) is 24.4 Å². The van der Waals surface area contributed by atoms with Gasteiger partial charge in [0.2, 0.25) is 5.28 Å². The number of rotatable bonds is 3. The van der Waals surface area contributed by atoms with Gasteiger partial charge in [-0.3, -0.25) is 0 Å². The van der Waals surface area contributed by atoms with Crippen LogP contribution >= 0.6 is 23.4 Å². The van der Waals surface area contributed by atoms with Crippen LogP contribution in [0.25, 0.3) is 5.95 Å². The van der Waals surface area contributed by atoms with E-state index in [0.29, 0.717) is 16.4 Å². The van der Waals surface area contributed by atoms with Crippen LogP contribution in [0.2, 0.25) is 5.28 Å². The molecule has 0 unspecified atom stereocenters. The first kappa shape index (κ1) is 12.8. The van der Waals surface area contributed by atoms with Crippen LogP contribution in [0.3, 0.4) is 0 Å². The average Bonchev–Trinajstić information content (AvgIpc) is 2.93.